The molecule has 1 atom stereocenters. The van der Waals surface area contributed by atoms with E-state index in [1.165, 1.54) is 0 Å². The molecule has 9 heavy (non-hydrogen) atoms. The van der Waals surface area contributed by atoms with E-state index in [-0.39, 0.29) is 6.10 Å². The van der Waals surface area contributed by atoms with Gasteiger partial charge in [-0.15, -0.1) is 0 Å². The van der Waals surface area contributed by atoms with Gasteiger partial charge in [0, 0.05) is 13.2 Å². The Morgan fingerprint density at radius 2 is 2.67 bits per heavy atom. The van der Waals surface area contributed by atoms with Gasteiger partial charge < -0.3 is 9.26 Å². The van der Waals surface area contributed by atoms with E-state index in [0.717, 1.165) is 0 Å². The highest BCUT2D eigenvalue weighted by atomic mass is 16.5. The standard InChI is InChI=1S/C6H8NO2/c1-5(8-2)6-3-4-7-9-6/h3,5H,1-2H3. The molecule has 1 unspecified atom stereocenters. The minimum Gasteiger partial charge on any atom is -0.374 e. The maximum atomic E-state index is 4.94. The summed E-state index contributed by atoms with van der Waals surface area (Å²) in [5.74, 6) is 0.706. The molecule has 0 saturated heterocycles. The van der Waals surface area contributed by atoms with Crippen LogP contribution in [0.3, 0.4) is 0 Å². The van der Waals surface area contributed by atoms with E-state index in [9.17, 15) is 0 Å². The number of aromatic nitrogens is 1. The third-order valence-electron chi connectivity index (χ3n) is 1.16. The van der Waals surface area contributed by atoms with Gasteiger partial charge >= 0.3 is 0 Å². The monoisotopic (exact) mass is 126 g/mol. The molecule has 0 amide bonds. The van der Waals surface area contributed by atoms with Gasteiger partial charge in [-0.2, -0.15) is 0 Å². The Balaban J connectivity index is 2.65. The average Bonchev–Trinajstić information content (AvgIpc) is 2.37. The number of nitrogens with zero attached hydrogens (tertiary/aromatic N) is 1. The Bertz CT molecular complexity index is 160. The van der Waals surface area contributed by atoms with Crippen LogP contribution < -0.4 is 0 Å². The Morgan fingerprint density at radius 1 is 1.89 bits per heavy atom. The minimum absolute atomic E-state index is 0.0243. The zero-order chi connectivity index (χ0) is 6.69. The van der Waals surface area contributed by atoms with Crippen molar-refractivity contribution in [2.24, 2.45) is 0 Å². The highest BCUT2D eigenvalue weighted by Crippen LogP contribution is 2.12. The highest BCUT2D eigenvalue weighted by Gasteiger charge is 2.05. The van der Waals surface area contributed by atoms with Gasteiger partial charge in [-0.05, 0) is 6.92 Å². The third-order valence-corrected chi connectivity index (χ3v) is 1.16. The predicted molar refractivity (Wildman–Crippen MR) is 30.8 cm³/mol. The second-order valence-electron chi connectivity index (χ2n) is 1.74. The van der Waals surface area contributed by atoms with E-state index < -0.39 is 0 Å². The van der Waals surface area contributed by atoms with Crippen LogP contribution in [0.4, 0.5) is 0 Å². The molecule has 0 saturated carbocycles. The van der Waals surface area contributed by atoms with Crippen LogP contribution >= 0.6 is 0 Å². The summed E-state index contributed by atoms with van der Waals surface area (Å²) < 4.78 is 9.70. The molecule has 0 aliphatic heterocycles. The van der Waals surface area contributed by atoms with E-state index in [4.69, 9.17) is 9.26 Å². The van der Waals surface area contributed by atoms with E-state index in [0.29, 0.717) is 5.76 Å². The van der Waals surface area contributed by atoms with Crippen LogP contribution in [0, 0.1) is 6.20 Å². The molecule has 3 heteroatoms. The lowest BCUT2D eigenvalue weighted by atomic mass is 10.3. The Morgan fingerprint density at radius 3 is 3.11 bits per heavy atom. The first-order valence-electron chi connectivity index (χ1n) is 2.70. The lowest BCUT2D eigenvalue weighted by molar-refractivity contribution is 0.0931. The summed E-state index contributed by atoms with van der Waals surface area (Å²) in [5, 5.41) is 3.41. The number of ether oxygens (including phenoxy) is 1. The van der Waals surface area contributed by atoms with Crippen molar-refractivity contribution in [2.45, 2.75) is 13.0 Å². The largest absolute Gasteiger partial charge is 0.374 e. The third kappa shape index (κ3) is 1.29. The topological polar surface area (TPSA) is 35.3 Å². The molecular formula is C6H8NO2. The molecule has 0 spiro atoms. The Labute approximate surface area is 53.6 Å². The van der Waals surface area contributed by atoms with Crippen LogP contribution in [0.25, 0.3) is 0 Å². The van der Waals surface area contributed by atoms with Crippen LogP contribution in [-0.4, -0.2) is 12.3 Å². The molecular weight excluding hydrogens is 118 g/mol. The number of hydrogen-bond acceptors (Lipinski definition) is 3. The van der Waals surface area contributed by atoms with Crippen molar-refractivity contribution in [3.8, 4) is 0 Å². The minimum atomic E-state index is -0.0243. The highest BCUT2D eigenvalue weighted by molar-refractivity contribution is 4.94. The van der Waals surface area contributed by atoms with Crippen molar-refractivity contribution in [1.29, 1.82) is 0 Å². The van der Waals surface area contributed by atoms with Crippen LogP contribution in [-0.2, 0) is 4.74 Å². The summed E-state index contributed by atoms with van der Waals surface area (Å²) in [6.07, 6.45) is 2.52. The van der Waals surface area contributed by atoms with Crippen LogP contribution in [0.1, 0.15) is 18.8 Å². The molecule has 0 fully saturated rings. The molecule has 1 aromatic heterocycles. The zero-order valence-electron chi connectivity index (χ0n) is 5.42. The maximum absolute atomic E-state index is 4.94. The molecule has 0 N–H and O–H groups in total. The molecule has 1 rings (SSSR count). The summed E-state index contributed by atoms with van der Waals surface area (Å²) in [7, 11) is 1.62. The first-order chi connectivity index (χ1) is 4.34. The van der Waals surface area contributed by atoms with Crippen molar-refractivity contribution >= 4 is 0 Å². The first kappa shape index (κ1) is 6.29. The predicted octanol–water partition coefficient (Wildman–Crippen LogP) is 1.18. The van der Waals surface area contributed by atoms with E-state index in [1.807, 2.05) is 6.92 Å². The molecule has 0 bridgehead atoms. The van der Waals surface area contributed by atoms with Crippen molar-refractivity contribution in [3.05, 3.63) is 18.0 Å². The van der Waals surface area contributed by atoms with E-state index in [2.05, 4.69) is 11.4 Å². The number of methoxy groups -OCH3 is 1. The van der Waals surface area contributed by atoms with Crippen LogP contribution in [0.5, 0.6) is 0 Å². The number of hydrogen-bond donors (Lipinski definition) is 0. The van der Waals surface area contributed by atoms with E-state index in [1.54, 1.807) is 13.2 Å². The average molecular weight is 126 g/mol. The van der Waals surface area contributed by atoms with Crippen molar-refractivity contribution in [2.75, 3.05) is 7.11 Å². The van der Waals surface area contributed by atoms with Crippen molar-refractivity contribution < 1.29 is 9.26 Å². The van der Waals surface area contributed by atoms with Crippen LogP contribution in [0.2, 0.25) is 0 Å². The lowest BCUT2D eigenvalue weighted by Gasteiger charge is -2.01. The molecule has 0 aliphatic carbocycles. The summed E-state index contributed by atoms with van der Waals surface area (Å²) in [4.78, 5) is 0. The summed E-state index contributed by atoms with van der Waals surface area (Å²) >= 11 is 0. The molecule has 1 radical (unpaired) electrons. The second-order valence-corrected chi connectivity index (χ2v) is 1.74. The second kappa shape index (κ2) is 2.64. The first-order valence-corrected chi connectivity index (χ1v) is 2.70. The summed E-state index contributed by atoms with van der Waals surface area (Å²) in [6, 6.07) is 1.66. The SMILES string of the molecule is COC(C)c1c[c]no1. The van der Waals surface area contributed by atoms with E-state index >= 15 is 0 Å². The maximum Gasteiger partial charge on any atom is 0.165 e. The summed E-state index contributed by atoms with van der Waals surface area (Å²) in [6.45, 7) is 1.88. The fourth-order valence-electron chi connectivity index (χ4n) is 0.503. The zero-order valence-corrected chi connectivity index (χ0v) is 5.42. The molecule has 0 aliphatic rings. The van der Waals surface area contributed by atoms with Gasteiger partial charge in [-0.1, -0.05) is 5.16 Å². The van der Waals surface area contributed by atoms with Gasteiger partial charge in [0.1, 0.15) is 12.3 Å². The smallest absolute Gasteiger partial charge is 0.165 e. The molecule has 1 aromatic rings. The van der Waals surface area contributed by atoms with Gasteiger partial charge in [0.25, 0.3) is 0 Å². The van der Waals surface area contributed by atoms with Gasteiger partial charge in [0.2, 0.25) is 0 Å². The quantitative estimate of drug-likeness (QED) is 0.596. The van der Waals surface area contributed by atoms with Crippen LogP contribution in [0.15, 0.2) is 10.6 Å². The van der Waals surface area contributed by atoms with Gasteiger partial charge in [0.05, 0.1) is 0 Å². The fraction of sp³-hybridized carbons (Fsp3) is 0.500. The summed E-state index contributed by atoms with van der Waals surface area (Å²) in [5.41, 5.74) is 0. The molecule has 3 nitrogen and oxygen atoms in total. The van der Waals surface area contributed by atoms with Gasteiger partial charge in [-0.25, -0.2) is 0 Å². The molecule has 0 aromatic carbocycles. The Hall–Kier alpha value is -0.830. The molecule has 1 heterocycles. The molecule has 49 valence electrons. The number of rotatable bonds is 2. The van der Waals surface area contributed by atoms with Crippen molar-refractivity contribution in [1.82, 2.24) is 5.16 Å². The fourth-order valence-corrected chi connectivity index (χ4v) is 0.503. The van der Waals surface area contributed by atoms with Gasteiger partial charge in [-0.3, -0.25) is 0 Å². The lowest BCUT2D eigenvalue weighted by Crippen LogP contribution is -1.92. The van der Waals surface area contributed by atoms with Gasteiger partial charge in [0.15, 0.2) is 5.76 Å². The van der Waals surface area contributed by atoms with Crippen molar-refractivity contribution in [3.63, 3.8) is 0 Å². The Kier molecular flexibility index (Phi) is 1.85. The normalized spacial score (nSPS) is 13.6.